The van der Waals surface area contributed by atoms with Crippen LogP contribution in [0.4, 0.5) is 0 Å². The minimum absolute atomic E-state index is 0.914. The lowest BCUT2D eigenvalue weighted by Crippen LogP contribution is -1.92. The number of hydrogen-bond donors (Lipinski definition) is 0. The minimum atomic E-state index is 0.914. The second-order valence-electron chi connectivity index (χ2n) is 12.0. The van der Waals surface area contributed by atoms with Gasteiger partial charge in [-0.2, -0.15) is 0 Å². The zero-order valence-electron chi connectivity index (χ0n) is 25.2. The van der Waals surface area contributed by atoms with Gasteiger partial charge in [0.15, 0.2) is 0 Å². The van der Waals surface area contributed by atoms with Gasteiger partial charge in [0.1, 0.15) is 0 Å². The van der Waals surface area contributed by atoms with E-state index in [2.05, 4.69) is 133 Å². The van der Waals surface area contributed by atoms with Crippen molar-refractivity contribution in [1.29, 1.82) is 0 Å². The topological polar surface area (TPSA) is 38.7 Å². The molecule has 0 amide bonds. The van der Waals surface area contributed by atoms with E-state index >= 15 is 0 Å². The summed E-state index contributed by atoms with van der Waals surface area (Å²) in [5.74, 6) is 0. The maximum absolute atomic E-state index is 5.34. The van der Waals surface area contributed by atoms with E-state index in [-0.39, 0.29) is 0 Å². The van der Waals surface area contributed by atoms with Crippen LogP contribution in [0.1, 0.15) is 0 Å². The lowest BCUT2D eigenvalue weighted by atomic mass is 9.98. The highest BCUT2D eigenvalue weighted by Gasteiger charge is 2.18. The molecule has 0 atom stereocenters. The van der Waals surface area contributed by atoms with Crippen LogP contribution in [0.5, 0.6) is 0 Å². The molecule has 0 N–H and O–H groups in total. The Morgan fingerprint density at radius 3 is 1.70 bits per heavy atom. The highest BCUT2D eigenvalue weighted by atomic mass is 32.1. The van der Waals surface area contributed by atoms with Crippen molar-refractivity contribution in [2.24, 2.45) is 0 Å². The number of hydrogen-bond acceptors (Lipinski definition) is 4. The highest BCUT2D eigenvalue weighted by Crippen LogP contribution is 2.44. The average Bonchev–Trinajstić information content (AvgIpc) is 3.54. The molecule has 10 rings (SSSR count). The molecule has 0 aliphatic carbocycles. The van der Waals surface area contributed by atoms with Gasteiger partial charge in [0.25, 0.3) is 0 Å². The molecule has 0 saturated carbocycles. The first-order chi connectivity index (χ1) is 23.3. The Labute approximate surface area is 274 Å². The molecule has 0 fully saturated rings. The predicted octanol–water partition coefficient (Wildman–Crippen LogP) is 11.9. The van der Waals surface area contributed by atoms with Crippen LogP contribution in [0.15, 0.2) is 152 Å². The molecule has 0 bridgehead atoms. The molecule has 6 aromatic carbocycles. The first-order valence-corrected chi connectivity index (χ1v) is 16.6. The molecule has 4 heterocycles. The Morgan fingerprint density at radius 1 is 0.383 bits per heavy atom. The van der Waals surface area contributed by atoms with Gasteiger partial charge in [-0.25, -0.2) is 15.0 Å². The SMILES string of the molecule is c1ccc(-c2ccc3ccc4ccc(-c5ccc(-c6nc7ccc8ccccc8c7c7sc8ccccc8c67)cc5)nc4c3n2)cc1. The van der Waals surface area contributed by atoms with E-state index in [1.165, 1.54) is 36.3 Å². The summed E-state index contributed by atoms with van der Waals surface area (Å²) in [7, 11) is 0. The molecule has 0 aliphatic rings. The molecular weight excluding hydrogens is 591 g/mol. The molecule has 10 aromatic rings. The smallest absolute Gasteiger partial charge is 0.0972 e. The summed E-state index contributed by atoms with van der Waals surface area (Å²) in [6.07, 6.45) is 0. The van der Waals surface area contributed by atoms with Crippen molar-refractivity contribution in [3.05, 3.63) is 152 Å². The Balaban J connectivity index is 1.13. The van der Waals surface area contributed by atoms with E-state index in [1.54, 1.807) is 0 Å². The zero-order valence-corrected chi connectivity index (χ0v) is 26.0. The number of aromatic nitrogens is 3. The molecule has 0 spiro atoms. The standard InChI is InChI=1S/C43H25N3S/c1-2-9-27(10-3-1)34-23-21-30-18-19-31-22-24-35(45-42(31)41(30)44-34)28-14-16-29(17-15-28)40-39-33-12-6-7-13-37(33)47-43(39)38-32-11-5-4-8-26(32)20-25-36(38)46-40/h1-25H. The highest BCUT2D eigenvalue weighted by molar-refractivity contribution is 7.27. The summed E-state index contributed by atoms with van der Waals surface area (Å²) >= 11 is 1.86. The first kappa shape index (κ1) is 26.3. The molecule has 0 aliphatic heterocycles. The van der Waals surface area contributed by atoms with Gasteiger partial charge in [-0.3, -0.25) is 0 Å². The van der Waals surface area contributed by atoms with E-state index in [1.807, 2.05) is 29.5 Å². The molecule has 47 heavy (non-hydrogen) atoms. The van der Waals surface area contributed by atoms with Gasteiger partial charge in [-0.05, 0) is 35.0 Å². The van der Waals surface area contributed by atoms with Crippen molar-refractivity contribution < 1.29 is 0 Å². The van der Waals surface area contributed by atoms with Crippen LogP contribution < -0.4 is 0 Å². The fourth-order valence-corrected chi connectivity index (χ4v) is 8.20. The number of fused-ring (bicyclic) bond motifs is 10. The Hall–Kier alpha value is -5.97. The summed E-state index contributed by atoms with van der Waals surface area (Å²) in [5.41, 5.74) is 9.00. The summed E-state index contributed by atoms with van der Waals surface area (Å²) < 4.78 is 2.57. The quantitative estimate of drug-likeness (QED) is 0.186. The third-order valence-electron chi connectivity index (χ3n) is 9.24. The molecule has 0 unspecified atom stereocenters. The van der Waals surface area contributed by atoms with Crippen molar-refractivity contribution in [3.8, 4) is 33.8 Å². The van der Waals surface area contributed by atoms with Crippen LogP contribution in [0.2, 0.25) is 0 Å². The second-order valence-corrected chi connectivity index (χ2v) is 13.0. The van der Waals surface area contributed by atoms with Crippen molar-refractivity contribution in [2.45, 2.75) is 0 Å². The van der Waals surface area contributed by atoms with Gasteiger partial charge < -0.3 is 0 Å². The van der Waals surface area contributed by atoms with Gasteiger partial charge in [0.2, 0.25) is 0 Å². The van der Waals surface area contributed by atoms with Gasteiger partial charge in [0.05, 0.1) is 33.6 Å². The zero-order chi connectivity index (χ0) is 30.9. The van der Waals surface area contributed by atoms with Gasteiger partial charge in [-0.1, -0.05) is 127 Å². The summed E-state index contributed by atoms with van der Waals surface area (Å²) in [5, 5.41) is 8.35. The molecular formula is C43H25N3S. The van der Waals surface area contributed by atoms with Crippen LogP contribution in [-0.2, 0) is 0 Å². The van der Waals surface area contributed by atoms with E-state index in [0.717, 1.165) is 61.1 Å². The van der Waals surface area contributed by atoms with Crippen LogP contribution in [0.25, 0.3) is 97.4 Å². The van der Waals surface area contributed by atoms with E-state index < -0.39 is 0 Å². The predicted molar refractivity (Wildman–Crippen MR) is 199 cm³/mol. The van der Waals surface area contributed by atoms with Crippen LogP contribution in [0, 0.1) is 0 Å². The van der Waals surface area contributed by atoms with E-state index in [4.69, 9.17) is 15.0 Å². The Kier molecular flexibility index (Phi) is 5.74. The maximum Gasteiger partial charge on any atom is 0.0972 e. The summed E-state index contributed by atoms with van der Waals surface area (Å²) in [6, 6.07) is 53.5. The van der Waals surface area contributed by atoms with Crippen LogP contribution in [0.3, 0.4) is 0 Å². The van der Waals surface area contributed by atoms with Crippen molar-refractivity contribution >= 4 is 75.0 Å². The fraction of sp³-hybridized carbons (Fsp3) is 0. The molecule has 4 aromatic heterocycles. The Bertz CT molecular complexity index is 2840. The van der Waals surface area contributed by atoms with Crippen LogP contribution in [-0.4, -0.2) is 15.0 Å². The average molecular weight is 616 g/mol. The number of nitrogens with zero attached hydrogens (tertiary/aromatic N) is 3. The lowest BCUT2D eigenvalue weighted by molar-refractivity contribution is 1.36. The van der Waals surface area contributed by atoms with Crippen molar-refractivity contribution in [1.82, 2.24) is 15.0 Å². The van der Waals surface area contributed by atoms with Crippen molar-refractivity contribution in [2.75, 3.05) is 0 Å². The maximum atomic E-state index is 5.34. The largest absolute Gasteiger partial charge is 0.247 e. The van der Waals surface area contributed by atoms with E-state index in [0.29, 0.717) is 0 Å². The van der Waals surface area contributed by atoms with Gasteiger partial charge in [0, 0.05) is 53.0 Å². The van der Waals surface area contributed by atoms with Crippen molar-refractivity contribution in [3.63, 3.8) is 0 Å². The van der Waals surface area contributed by atoms with Crippen LogP contribution >= 0.6 is 11.3 Å². The number of pyridine rings is 3. The fourth-order valence-electron chi connectivity index (χ4n) is 6.93. The summed E-state index contributed by atoms with van der Waals surface area (Å²) in [6.45, 7) is 0. The third-order valence-corrected chi connectivity index (χ3v) is 10.4. The Morgan fingerprint density at radius 2 is 0.957 bits per heavy atom. The lowest BCUT2D eigenvalue weighted by Gasteiger charge is -2.11. The number of benzene rings is 6. The third kappa shape index (κ3) is 4.16. The molecule has 218 valence electrons. The molecule has 0 radical (unpaired) electrons. The summed E-state index contributed by atoms with van der Waals surface area (Å²) in [4.78, 5) is 15.6. The van der Waals surface area contributed by atoms with Gasteiger partial charge >= 0.3 is 0 Å². The minimum Gasteiger partial charge on any atom is -0.247 e. The monoisotopic (exact) mass is 615 g/mol. The van der Waals surface area contributed by atoms with Gasteiger partial charge in [-0.15, -0.1) is 11.3 Å². The molecule has 0 saturated heterocycles. The molecule has 3 nitrogen and oxygen atoms in total. The first-order valence-electron chi connectivity index (χ1n) is 15.8. The number of thiophene rings is 1. The second kappa shape index (κ2) is 10.3. The molecule has 4 heteroatoms. The van der Waals surface area contributed by atoms with E-state index in [9.17, 15) is 0 Å². The number of rotatable bonds is 3. The normalized spacial score (nSPS) is 11.8.